The number of allylic oxidation sites excluding steroid dienone is 1. The highest BCUT2D eigenvalue weighted by atomic mass is 16.8. The van der Waals surface area contributed by atoms with Crippen molar-refractivity contribution >= 4 is 11.5 Å². The smallest absolute Gasteiger partial charge is 0.334 e. The van der Waals surface area contributed by atoms with Crippen LogP contribution in [0.3, 0.4) is 0 Å². The highest BCUT2D eigenvalue weighted by Gasteiger charge is 2.55. The maximum Gasteiger partial charge on any atom is 0.334 e. The van der Waals surface area contributed by atoms with Crippen LogP contribution in [0, 0.1) is 0 Å². The molecule has 0 saturated carbocycles. The molecule has 54 heavy (non-hydrogen) atoms. The van der Waals surface area contributed by atoms with Crippen molar-refractivity contribution < 1.29 is 98.5 Å². The molecule has 10 N–H and O–H groups in total. The Morgan fingerprint density at radius 2 is 1.33 bits per heavy atom. The zero-order valence-corrected chi connectivity index (χ0v) is 30.1. The molecule has 306 valence electrons. The van der Waals surface area contributed by atoms with Crippen LogP contribution in [0.4, 0.5) is 0 Å². The molecular formula is C34H50O20. The molecule has 4 saturated heterocycles. The van der Waals surface area contributed by atoms with Crippen LogP contribution in [-0.2, 0) is 42.7 Å². The maximum absolute atomic E-state index is 13.4. The summed E-state index contributed by atoms with van der Waals surface area (Å²) < 4.78 is 50.3. The van der Waals surface area contributed by atoms with E-state index in [0.717, 1.165) is 0 Å². The van der Waals surface area contributed by atoms with Crippen LogP contribution in [0.5, 0.6) is 11.5 Å². The fourth-order valence-electron chi connectivity index (χ4n) is 6.45. The number of aromatic hydroxyl groups is 1. The Kier molecular flexibility index (Phi) is 13.6. The Bertz CT molecular complexity index is 1470. The van der Waals surface area contributed by atoms with Gasteiger partial charge < -0.3 is 93.7 Å². The van der Waals surface area contributed by atoms with Crippen molar-refractivity contribution in [3.05, 3.63) is 29.3 Å². The van der Waals surface area contributed by atoms with Crippen molar-refractivity contribution in [2.45, 2.75) is 132 Å². The molecule has 4 aliphatic heterocycles. The summed E-state index contributed by atoms with van der Waals surface area (Å²) in [5.41, 5.74) is -0.387. The molecule has 1 aromatic rings. The number of aliphatic hydroxyl groups is 9. The molecule has 0 aliphatic carbocycles. The zero-order chi connectivity index (χ0) is 39.8. The van der Waals surface area contributed by atoms with Gasteiger partial charge in [-0.2, -0.15) is 0 Å². The van der Waals surface area contributed by atoms with E-state index in [4.69, 9.17) is 42.6 Å². The molecule has 4 heterocycles. The van der Waals surface area contributed by atoms with Crippen LogP contribution in [0.25, 0.3) is 5.57 Å². The molecule has 1 aromatic carbocycles. The first-order chi connectivity index (χ1) is 25.4. The Balaban J connectivity index is 1.32. The number of carbonyl (C=O) groups excluding carboxylic acids is 1. The summed E-state index contributed by atoms with van der Waals surface area (Å²) in [5.74, 6) is -0.699. The monoisotopic (exact) mass is 778 g/mol. The van der Waals surface area contributed by atoms with E-state index >= 15 is 0 Å². The van der Waals surface area contributed by atoms with Crippen LogP contribution < -0.4 is 4.74 Å². The average molecular weight is 779 g/mol. The SMILES string of the molecule is COc1cc(C(C)=C(C)C(=O)OC(C)(C)C2OC(OC3C(OC4OCC(O)C(O)C4O)COC(OC4COC(O)C(O)C4O)C3O)C(O)C2O)ccc1O. The third-order valence-corrected chi connectivity index (χ3v) is 9.97. The number of benzene rings is 1. The number of hydrogen-bond acceptors (Lipinski definition) is 20. The summed E-state index contributed by atoms with van der Waals surface area (Å²) >= 11 is 0. The molecule has 4 fully saturated rings. The van der Waals surface area contributed by atoms with Gasteiger partial charge >= 0.3 is 5.97 Å². The molecule has 0 bridgehead atoms. The van der Waals surface area contributed by atoms with E-state index in [1.165, 1.54) is 40.0 Å². The fraction of sp³-hybridized carbons (Fsp3) is 0.735. The van der Waals surface area contributed by atoms with Gasteiger partial charge in [-0.05, 0) is 51.0 Å². The summed E-state index contributed by atoms with van der Waals surface area (Å²) in [6.07, 6.45) is -25.9. The number of aliphatic hydroxyl groups excluding tert-OH is 9. The number of methoxy groups -OCH3 is 1. The third-order valence-electron chi connectivity index (χ3n) is 9.97. The minimum absolute atomic E-state index is 0.0935. The molecule has 4 aliphatic rings. The quantitative estimate of drug-likeness (QED) is 0.0765. The second-order valence-electron chi connectivity index (χ2n) is 14.1. The van der Waals surface area contributed by atoms with Gasteiger partial charge in [0.15, 0.2) is 36.7 Å². The number of esters is 1. The third kappa shape index (κ3) is 8.84. The summed E-state index contributed by atoms with van der Waals surface area (Å²) in [4.78, 5) is 13.4. The van der Waals surface area contributed by atoms with Crippen LogP contribution in [0.1, 0.15) is 33.3 Å². The molecule has 20 nitrogen and oxygen atoms in total. The van der Waals surface area contributed by atoms with E-state index in [9.17, 15) is 55.9 Å². The normalized spacial score (nSPS) is 40.9. The van der Waals surface area contributed by atoms with Crippen molar-refractivity contribution in [1.29, 1.82) is 0 Å². The van der Waals surface area contributed by atoms with Crippen molar-refractivity contribution in [3.63, 3.8) is 0 Å². The molecule has 16 atom stereocenters. The fourth-order valence-corrected chi connectivity index (χ4v) is 6.45. The minimum atomic E-state index is -1.84. The lowest BCUT2D eigenvalue weighted by atomic mass is 9.95. The van der Waals surface area contributed by atoms with E-state index < -0.39 is 130 Å². The first-order valence-electron chi connectivity index (χ1n) is 17.2. The van der Waals surface area contributed by atoms with Crippen LogP contribution >= 0.6 is 0 Å². The van der Waals surface area contributed by atoms with Gasteiger partial charge in [-0.15, -0.1) is 0 Å². The summed E-state index contributed by atoms with van der Waals surface area (Å²) in [7, 11) is 1.38. The van der Waals surface area contributed by atoms with Crippen LogP contribution in [0.15, 0.2) is 23.8 Å². The van der Waals surface area contributed by atoms with Gasteiger partial charge in [-0.1, -0.05) is 6.07 Å². The second kappa shape index (κ2) is 17.3. The summed E-state index contributed by atoms with van der Waals surface area (Å²) in [6.45, 7) is 4.73. The van der Waals surface area contributed by atoms with Gasteiger partial charge in [0.2, 0.25) is 0 Å². The summed E-state index contributed by atoms with van der Waals surface area (Å²) in [6, 6.07) is 4.53. The number of carbonyl (C=O) groups is 1. The van der Waals surface area contributed by atoms with E-state index in [1.54, 1.807) is 13.0 Å². The lowest BCUT2D eigenvalue weighted by Crippen LogP contribution is -2.62. The van der Waals surface area contributed by atoms with Gasteiger partial charge in [-0.25, -0.2) is 4.79 Å². The number of hydrogen-bond donors (Lipinski definition) is 10. The van der Waals surface area contributed by atoms with E-state index in [2.05, 4.69) is 0 Å². The van der Waals surface area contributed by atoms with Gasteiger partial charge in [0.05, 0.1) is 26.9 Å². The lowest BCUT2D eigenvalue weighted by molar-refractivity contribution is -0.362. The Hall–Kier alpha value is -2.61. The Morgan fingerprint density at radius 3 is 2.02 bits per heavy atom. The first-order valence-corrected chi connectivity index (χ1v) is 17.2. The standard InChI is InChI=1S/C34H50O20/c1-12(14-6-7-15(35)17(8-14)46-5)13(2)29(44)54-34(3,4)28-22(39)25(42)33(53-28)52-27-19(51-31-24(41)20(37)16(36)9-48-31)11-49-32(26(27)43)50-18-10-47-30(45)23(40)21(18)38/h6-8,16,18-28,30-33,35-43,45H,9-11H2,1-5H3. The zero-order valence-electron chi connectivity index (χ0n) is 30.1. The van der Waals surface area contributed by atoms with Crippen LogP contribution in [0.2, 0.25) is 0 Å². The molecule has 0 radical (unpaired) electrons. The van der Waals surface area contributed by atoms with E-state index in [0.29, 0.717) is 11.1 Å². The molecule has 0 spiro atoms. The lowest BCUT2D eigenvalue weighted by Gasteiger charge is -2.45. The van der Waals surface area contributed by atoms with Crippen molar-refractivity contribution in [1.82, 2.24) is 0 Å². The highest BCUT2D eigenvalue weighted by molar-refractivity contribution is 5.97. The molecular weight excluding hydrogens is 728 g/mol. The maximum atomic E-state index is 13.4. The molecule has 0 aromatic heterocycles. The topological polar surface area (TPSA) is 302 Å². The minimum Gasteiger partial charge on any atom is -0.504 e. The predicted octanol–water partition coefficient (Wildman–Crippen LogP) is -3.66. The number of phenolic OH excluding ortho intramolecular Hbond substituents is 1. The second-order valence-corrected chi connectivity index (χ2v) is 14.1. The van der Waals surface area contributed by atoms with Crippen molar-refractivity contribution in [2.24, 2.45) is 0 Å². The molecule has 20 heteroatoms. The predicted molar refractivity (Wildman–Crippen MR) is 176 cm³/mol. The van der Waals surface area contributed by atoms with Gasteiger partial charge in [-0.3, -0.25) is 0 Å². The number of ether oxygens (including phenoxy) is 9. The van der Waals surface area contributed by atoms with E-state index in [-0.39, 0.29) is 17.1 Å². The number of rotatable bonds is 11. The van der Waals surface area contributed by atoms with E-state index in [1.807, 2.05) is 0 Å². The Morgan fingerprint density at radius 1 is 0.722 bits per heavy atom. The Labute approximate surface area is 309 Å². The van der Waals surface area contributed by atoms with Crippen molar-refractivity contribution in [3.8, 4) is 11.5 Å². The molecule has 5 rings (SSSR count). The highest BCUT2D eigenvalue weighted by Crippen LogP contribution is 2.37. The van der Waals surface area contributed by atoms with Gasteiger partial charge in [0.25, 0.3) is 0 Å². The first kappa shape index (κ1) is 42.5. The van der Waals surface area contributed by atoms with Crippen LogP contribution in [-0.4, -0.2) is 188 Å². The van der Waals surface area contributed by atoms with Crippen molar-refractivity contribution in [2.75, 3.05) is 26.9 Å². The molecule has 16 unspecified atom stereocenters. The molecule has 0 amide bonds. The van der Waals surface area contributed by atoms with Gasteiger partial charge in [0.1, 0.15) is 78.8 Å². The largest absolute Gasteiger partial charge is 0.504 e. The number of phenols is 1. The summed E-state index contributed by atoms with van der Waals surface area (Å²) in [5, 5.41) is 104. The van der Waals surface area contributed by atoms with Gasteiger partial charge in [0, 0.05) is 5.57 Å². The average Bonchev–Trinajstić information content (AvgIpc) is 3.43.